The molecule has 0 aliphatic heterocycles. The Bertz CT molecular complexity index is 273. The summed E-state index contributed by atoms with van der Waals surface area (Å²) in [4.78, 5) is 0. The highest BCUT2D eigenvalue weighted by Crippen LogP contribution is 2.31. The number of nitrogens with two attached hydrogens (primary N) is 1. The van der Waals surface area contributed by atoms with E-state index in [2.05, 4.69) is 4.42 Å². The van der Waals surface area contributed by atoms with Crippen LogP contribution in [-0.2, 0) is 0 Å². The maximum absolute atomic E-state index is 11.9. The summed E-state index contributed by atoms with van der Waals surface area (Å²) in [5, 5.41) is 0.102. The number of halogens is 5. The number of hydrogen-bond donors (Lipinski definition) is 1. The molecule has 1 rings (SSSR count). The monoisotopic (exact) mass is 235 g/mol. The Morgan fingerprint density at radius 1 is 1.46 bits per heavy atom. The molecule has 2 N–H and O–H groups in total. The molecular formula is C6H6Cl2F3NO. The van der Waals surface area contributed by atoms with Crippen molar-refractivity contribution in [2.45, 2.75) is 12.2 Å². The molecule has 0 fully saturated rings. The molecule has 0 bridgehead atoms. The predicted molar refractivity (Wildman–Crippen MR) is 43.9 cm³/mol. The molecule has 13 heavy (non-hydrogen) atoms. The first-order valence-corrected chi connectivity index (χ1v) is 3.35. The number of furan rings is 1. The topological polar surface area (TPSA) is 39.2 Å². The third-order valence-electron chi connectivity index (χ3n) is 1.25. The van der Waals surface area contributed by atoms with Crippen LogP contribution in [0.3, 0.4) is 0 Å². The van der Waals surface area contributed by atoms with Crippen molar-refractivity contribution in [3.05, 3.63) is 23.1 Å². The molecule has 0 saturated carbocycles. The summed E-state index contributed by atoms with van der Waals surface area (Å²) in [6.07, 6.45) is -3.50. The first-order chi connectivity index (χ1) is 5.41. The minimum absolute atomic E-state index is 0. The molecule has 1 atom stereocenters. The normalized spacial score (nSPS) is 13.6. The van der Waals surface area contributed by atoms with Crippen molar-refractivity contribution in [3.8, 4) is 0 Å². The second kappa shape index (κ2) is 4.21. The van der Waals surface area contributed by atoms with Crippen molar-refractivity contribution in [1.29, 1.82) is 0 Å². The molecule has 1 heterocycles. The molecule has 0 aromatic carbocycles. The molecule has 0 aliphatic carbocycles. The van der Waals surface area contributed by atoms with E-state index in [-0.39, 0.29) is 23.2 Å². The van der Waals surface area contributed by atoms with Gasteiger partial charge in [0.2, 0.25) is 0 Å². The molecular weight excluding hydrogens is 230 g/mol. The molecule has 1 aromatic rings. The van der Waals surface area contributed by atoms with Gasteiger partial charge in [-0.3, -0.25) is 0 Å². The third-order valence-corrected chi connectivity index (χ3v) is 1.45. The van der Waals surface area contributed by atoms with E-state index in [1.54, 1.807) is 0 Å². The van der Waals surface area contributed by atoms with Gasteiger partial charge in [0.15, 0.2) is 6.04 Å². The van der Waals surface area contributed by atoms with Gasteiger partial charge in [-0.15, -0.1) is 12.4 Å². The van der Waals surface area contributed by atoms with Crippen molar-refractivity contribution >= 4 is 24.0 Å². The lowest BCUT2D eigenvalue weighted by Crippen LogP contribution is -2.27. The summed E-state index contributed by atoms with van der Waals surface area (Å²) >= 11 is 5.34. The van der Waals surface area contributed by atoms with Crippen LogP contribution in [0.15, 0.2) is 16.7 Å². The van der Waals surface area contributed by atoms with Crippen LogP contribution in [0.2, 0.25) is 5.02 Å². The van der Waals surface area contributed by atoms with E-state index in [1.165, 1.54) is 0 Å². The minimum atomic E-state index is -4.50. The van der Waals surface area contributed by atoms with Crippen LogP contribution in [0.5, 0.6) is 0 Å². The fourth-order valence-corrected chi connectivity index (χ4v) is 0.805. The second-order valence-electron chi connectivity index (χ2n) is 2.19. The molecule has 0 saturated heterocycles. The van der Waals surface area contributed by atoms with E-state index in [0.29, 0.717) is 0 Å². The summed E-state index contributed by atoms with van der Waals surface area (Å²) < 4.78 is 40.2. The Morgan fingerprint density at radius 3 is 2.31 bits per heavy atom. The quantitative estimate of drug-likeness (QED) is 0.814. The predicted octanol–water partition coefficient (Wildman–Crippen LogP) is 2.92. The smallest absolute Gasteiger partial charge is 0.410 e. The average molecular weight is 236 g/mol. The van der Waals surface area contributed by atoms with Gasteiger partial charge in [0.25, 0.3) is 0 Å². The highest BCUT2D eigenvalue weighted by molar-refractivity contribution is 6.30. The maximum Gasteiger partial charge on any atom is 0.410 e. The van der Waals surface area contributed by atoms with Crippen LogP contribution < -0.4 is 5.73 Å². The van der Waals surface area contributed by atoms with E-state index < -0.39 is 12.2 Å². The van der Waals surface area contributed by atoms with Crippen molar-refractivity contribution in [3.63, 3.8) is 0 Å². The molecule has 0 spiro atoms. The van der Waals surface area contributed by atoms with Gasteiger partial charge in [0.1, 0.15) is 12.0 Å². The first-order valence-electron chi connectivity index (χ1n) is 2.97. The second-order valence-corrected chi connectivity index (χ2v) is 2.62. The first kappa shape index (κ1) is 12.6. The van der Waals surface area contributed by atoms with E-state index in [4.69, 9.17) is 17.3 Å². The Kier molecular flexibility index (Phi) is 4.09. The van der Waals surface area contributed by atoms with Crippen molar-refractivity contribution in [1.82, 2.24) is 0 Å². The highest BCUT2D eigenvalue weighted by Gasteiger charge is 2.39. The van der Waals surface area contributed by atoms with Crippen molar-refractivity contribution < 1.29 is 17.6 Å². The number of rotatable bonds is 1. The van der Waals surface area contributed by atoms with Crippen molar-refractivity contribution in [2.75, 3.05) is 0 Å². The molecule has 1 aromatic heterocycles. The Morgan fingerprint density at radius 2 is 2.00 bits per heavy atom. The molecule has 7 heteroatoms. The third kappa shape index (κ3) is 3.10. The molecule has 76 valence electrons. The van der Waals surface area contributed by atoms with Crippen LogP contribution >= 0.6 is 24.0 Å². The summed E-state index contributed by atoms with van der Waals surface area (Å²) in [5.41, 5.74) is 4.81. The molecule has 2 nitrogen and oxygen atoms in total. The summed E-state index contributed by atoms with van der Waals surface area (Å²) in [6.45, 7) is 0. The van der Waals surface area contributed by atoms with Crippen LogP contribution in [0.1, 0.15) is 11.8 Å². The van der Waals surface area contributed by atoms with Crippen LogP contribution in [0.25, 0.3) is 0 Å². The average Bonchev–Trinajstić information content (AvgIpc) is 2.32. The molecule has 0 amide bonds. The molecule has 0 aliphatic rings. The van der Waals surface area contributed by atoms with Gasteiger partial charge in [-0.25, -0.2) is 0 Å². The van der Waals surface area contributed by atoms with Crippen molar-refractivity contribution in [2.24, 2.45) is 5.73 Å². The minimum Gasteiger partial charge on any atom is -0.466 e. The summed E-state index contributed by atoms with van der Waals surface area (Å²) in [5.74, 6) is -0.382. The molecule has 0 radical (unpaired) electrons. The lowest BCUT2D eigenvalue weighted by molar-refractivity contribution is -0.152. The number of alkyl halides is 3. The van der Waals surface area contributed by atoms with Crippen LogP contribution in [0, 0.1) is 0 Å². The largest absolute Gasteiger partial charge is 0.466 e. The summed E-state index contributed by atoms with van der Waals surface area (Å²) in [6, 6.07) is -1.07. The van der Waals surface area contributed by atoms with Gasteiger partial charge >= 0.3 is 6.18 Å². The fourth-order valence-electron chi connectivity index (χ4n) is 0.653. The Balaban J connectivity index is 0.00000144. The highest BCUT2D eigenvalue weighted by atomic mass is 35.5. The van der Waals surface area contributed by atoms with Crippen LogP contribution in [-0.4, -0.2) is 6.18 Å². The van der Waals surface area contributed by atoms with Gasteiger partial charge in [0, 0.05) is 6.07 Å². The zero-order valence-electron chi connectivity index (χ0n) is 6.14. The van der Waals surface area contributed by atoms with E-state index in [1.807, 2.05) is 0 Å². The van der Waals surface area contributed by atoms with E-state index in [0.717, 1.165) is 12.3 Å². The van der Waals surface area contributed by atoms with Gasteiger partial charge < -0.3 is 10.2 Å². The van der Waals surface area contributed by atoms with Crippen LogP contribution in [0.4, 0.5) is 13.2 Å². The van der Waals surface area contributed by atoms with E-state index in [9.17, 15) is 13.2 Å². The van der Waals surface area contributed by atoms with Gasteiger partial charge in [-0.1, -0.05) is 11.6 Å². The molecule has 0 unspecified atom stereocenters. The lowest BCUT2D eigenvalue weighted by atomic mass is 10.2. The van der Waals surface area contributed by atoms with Gasteiger partial charge in [-0.05, 0) is 0 Å². The van der Waals surface area contributed by atoms with E-state index >= 15 is 0 Å². The fraction of sp³-hybridized carbons (Fsp3) is 0.333. The van der Waals surface area contributed by atoms with Gasteiger partial charge in [0.05, 0.1) is 5.02 Å². The zero-order valence-corrected chi connectivity index (χ0v) is 7.71. The SMILES string of the molecule is Cl.N[C@@H](c1cc(Cl)co1)C(F)(F)F. The zero-order chi connectivity index (χ0) is 9.35. The maximum atomic E-state index is 11.9. The Labute approximate surface area is 83.2 Å². The standard InChI is InChI=1S/C6H5ClF3NO.ClH/c7-3-1-4(12-2-3)5(11)6(8,9)10;/h1-2,5H,11H2;1H/t5-;/m0./s1. The summed E-state index contributed by atoms with van der Waals surface area (Å²) in [7, 11) is 0. The number of hydrogen-bond acceptors (Lipinski definition) is 2. The Hall–Kier alpha value is -0.390. The lowest BCUT2D eigenvalue weighted by Gasteiger charge is -2.11. The van der Waals surface area contributed by atoms with Gasteiger partial charge in [-0.2, -0.15) is 13.2 Å².